The smallest absolute Gasteiger partial charge is 0.232 e. The van der Waals surface area contributed by atoms with Gasteiger partial charge in [-0.25, -0.2) is 4.57 Å². The first-order valence-electron chi connectivity index (χ1n) is 13.9. The molecule has 2 aromatic heterocycles. The summed E-state index contributed by atoms with van der Waals surface area (Å²) >= 11 is 0. The first-order chi connectivity index (χ1) is 18.4. The van der Waals surface area contributed by atoms with Gasteiger partial charge >= 0.3 is 0 Å². The Morgan fingerprint density at radius 2 is 1.47 bits per heavy atom. The highest BCUT2D eigenvalue weighted by Gasteiger charge is 2.27. The average molecular weight is 498 g/mol. The highest BCUT2D eigenvalue weighted by atomic mass is 15.1. The van der Waals surface area contributed by atoms with Gasteiger partial charge < -0.3 is 0 Å². The summed E-state index contributed by atoms with van der Waals surface area (Å²) in [5.74, 6) is 0.458. The Morgan fingerprint density at radius 3 is 2.18 bits per heavy atom. The SMILES string of the molecule is CCC(C)c1cc(Cc2ccccc2)cc2c3ccccc3n3c(-c4c(C)cc(C)cc4C)c[n+](C)c3c12. The molecular formula is C36H37N2+. The summed E-state index contributed by atoms with van der Waals surface area (Å²) in [4.78, 5) is 0. The zero-order valence-electron chi connectivity index (χ0n) is 23.5. The van der Waals surface area contributed by atoms with Gasteiger partial charge in [0.15, 0.2) is 5.69 Å². The fourth-order valence-corrected chi connectivity index (χ4v) is 6.49. The number of pyridine rings is 1. The quantitative estimate of drug-likeness (QED) is 0.166. The molecule has 1 unspecified atom stereocenters. The fourth-order valence-electron chi connectivity index (χ4n) is 6.49. The Labute approximate surface area is 226 Å². The molecule has 0 N–H and O–H groups in total. The van der Waals surface area contributed by atoms with Gasteiger partial charge in [-0.2, -0.15) is 4.40 Å². The normalized spacial score (nSPS) is 12.6. The van der Waals surface area contributed by atoms with Crippen LogP contribution in [0.5, 0.6) is 0 Å². The van der Waals surface area contributed by atoms with Crippen LogP contribution in [-0.4, -0.2) is 4.40 Å². The van der Waals surface area contributed by atoms with Crippen LogP contribution in [0.1, 0.15) is 59.6 Å². The van der Waals surface area contributed by atoms with Crippen LogP contribution in [-0.2, 0) is 13.5 Å². The van der Waals surface area contributed by atoms with E-state index in [0.29, 0.717) is 5.92 Å². The predicted molar refractivity (Wildman–Crippen MR) is 161 cm³/mol. The number of nitrogens with zero attached hydrogens (tertiary/aromatic N) is 2. The zero-order valence-corrected chi connectivity index (χ0v) is 23.5. The Hall–Kier alpha value is -3.91. The average Bonchev–Trinajstić information content (AvgIpc) is 3.24. The monoisotopic (exact) mass is 497 g/mol. The minimum absolute atomic E-state index is 0.458. The van der Waals surface area contributed by atoms with Gasteiger partial charge in [-0.05, 0) is 79.5 Å². The van der Waals surface area contributed by atoms with Gasteiger partial charge in [-0.1, -0.05) is 86.1 Å². The van der Waals surface area contributed by atoms with Gasteiger partial charge in [0.25, 0.3) is 5.65 Å². The molecule has 6 rings (SSSR count). The Balaban J connectivity index is 1.77. The van der Waals surface area contributed by atoms with E-state index in [1.807, 2.05) is 0 Å². The van der Waals surface area contributed by atoms with Crippen LogP contribution in [0.15, 0.2) is 85.1 Å². The highest BCUT2D eigenvalue weighted by Crippen LogP contribution is 2.39. The van der Waals surface area contributed by atoms with E-state index in [0.717, 1.165) is 12.8 Å². The van der Waals surface area contributed by atoms with Gasteiger partial charge in [-0.15, -0.1) is 0 Å². The number of para-hydroxylation sites is 1. The number of benzene rings is 4. The van der Waals surface area contributed by atoms with Gasteiger partial charge in [0.2, 0.25) is 0 Å². The van der Waals surface area contributed by atoms with E-state index in [2.05, 4.69) is 136 Å². The Kier molecular flexibility index (Phi) is 6.07. The van der Waals surface area contributed by atoms with Crippen LogP contribution in [0.4, 0.5) is 0 Å². The van der Waals surface area contributed by atoms with Crippen molar-refractivity contribution in [3.8, 4) is 11.3 Å². The lowest BCUT2D eigenvalue weighted by Crippen LogP contribution is -2.26. The van der Waals surface area contributed by atoms with E-state index in [9.17, 15) is 0 Å². The van der Waals surface area contributed by atoms with Crippen LogP contribution >= 0.6 is 0 Å². The minimum atomic E-state index is 0.458. The fraction of sp³-hybridized carbons (Fsp3) is 0.250. The molecule has 0 radical (unpaired) electrons. The molecule has 1 atom stereocenters. The second-order valence-electron chi connectivity index (χ2n) is 11.2. The van der Waals surface area contributed by atoms with Crippen LogP contribution in [0.2, 0.25) is 0 Å². The summed E-state index contributed by atoms with van der Waals surface area (Å²) in [5, 5.41) is 4.05. The van der Waals surface area contributed by atoms with Crippen molar-refractivity contribution in [2.24, 2.45) is 7.05 Å². The van der Waals surface area contributed by atoms with Crippen molar-refractivity contribution in [1.82, 2.24) is 4.40 Å². The van der Waals surface area contributed by atoms with Crippen molar-refractivity contribution >= 4 is 27.3 Å². The van der Waals surface area contributed by atoms with E-state index in [1.54, 1.807) is 0 Å². The molecule has 6 aromatic rings. The summed E-state index contributed by atoms with van der Waals surface area (Å²) in [5.41, 5.74) is 13.3. The van der Waals surface area contributed by atoms with E-state index in [4.69, 9.17) is 0 Å². The number of aromatic nitrogens is 2. The van der Waals surface area contributed by atoms with E-state index in [-0.39, 0.29) is 0 Å². The lowest BCUT2D eigenvalue weighted by molar-refractivity contribution is -0.643. The van der Waals surface area contributed by atoms with Crippen LogP contribution in [0.25, 0.3) is 38.6 Å². The molecule has 0 spiro atoms. The molecule has 0 aliphatic carbocycles. The van der Waals surface area contributed by atoms with Gasteiger partial charge in [0, 0.05) is 16.3 Å². The van der Waals surface area contributed by atoms with Gasteiger partial charge in [0.05, 0.1) is 12.4 Å². The van der Waals surface area contributed by atoms with Crippen molar-refractivity contribution in [2.45, 2.75) is 53.4 Å². The summed E-state index contributed by atoms with van der Waals surface area (Å²) in [7, 11) is 2.21. The molecule has 2 nitrogen and oxygen atoms in total. The number of hydrogen-bond acceptors (Lipinski definition) is 0. The maximum atomic E-state index is 2.52. The number of fused-ring (bicyclic) bond motifs is 6. The molecule has 0 amide bonds. The summed E-state index contributed by atoms with van der Waals surface area (Å²) in [6.45, 7) is 11.4. The number of hydrogen-bond donors (Lipinski definition) is 0. The Morgan fingerprint density at radius 1 is 0.789 bits per heavy atom. The first kappa shape index (κ1) is 24.4. The van der Waals surface area contributed by atoms with Crippen LogP contribution < -0.4 is 4.57 Å². The maximum absolute atomic E-state index is 2.52. The third kappa shape index (κ3) is 3.91. The predicted octanol–water partition coefficient (Wildman–Crippen LogP) is 8.77. The topological polar surface area (TPSA) is 8.29 Å². The molecule has 0 aliphatic heterocycles. The molecule has 0 saturated heterocycles. The van der Waals surface area contributed by atoms with Crippen molar-refractivity contribution in [2.75, 3.05) is 0 Å². The van der Waals surface area contributed by atoms with Gasteiger partial charge in [0.1, 0.15) is 11.7 Å². The first-order valence-corrected chi connectivity index (χ1v) is 13.9. The molecule has 4 aromatic carbocycles. The largest absolute Gasteiger partial charge is 0.295 e. The number of aryl methyl sites for hydroxylation is 4. The molecule has 0 saturated carbocycles. The molecule has 0 bridgehead atoms. The lowest BCUT2D eigenvalue weighted by atomic mass is 9.88. The summed E-state index contributed by atoms with van der Waals surface area (Å²) in [6, 6.07) is 29.4. The Bertz CT molecular complexity index is 1800. The van der Waals surface area contributed by atoms with E-state index >= 15 is 0 Å². The van der Waals surface area contributed by atoms with E-state index < -0.39 is 0 Å². The zero-order chi connectivity index (χ0) is 26.6. The van der Waals surface area contributed by atoms with Crippen molar-refractivity contribution < 1.29 is 4.57 Å². The van der Waals surface area contributed by atoms with Crippen molar-refractivity contribution in [3.05, 3.63) is 118 Å². The highest BCUT2D eigenvalue weighted by molar-refractivity contribution is 6.13. The third-order valence-corrected chi connectivity index (χ3v) is 8.32. The lowest BCUT2D eigenvalue weighted by Gasteiger charge is -2.17. The second kappa shape index (κ2) is 9.44. The molecule has 0 fully saturated rings. The van der Waals surface area contributed by atoms with Crippen LogP contribution in [0, 0.1) is 20.8 Å². The molecule has 0 aliphatic rings. The molecular weight excluding hydrogens is 460 g/mol. The summed E-state index contributed by atoms with van der Waals surface area (Å²) in [6.07, 6.45) is 4.39. The number of rotatable bonds is 5. The van der Waals surface area contributed by atoms with Crippen molar-refractivity contribution in [3.63, 3.8) is 0 Å². The van der Waals surface area contributed by atoms with Gasteiger partial charge in [-0.3, -0.25) is 0 Å². The molecule has 2 heterocycles. The standard InChI is InChI=1S/C36H37N2/c1-7-24(3)30-20-28(19-27-13-9-8-10-14-27)21-31-29-15-11-12-16-32(29)38-33(22-37(6)36(38)35(30)31)34-25(4)17-23(2)18-26(34)5/h8-18,20-22,24H,7,19H2,1-6H3/q+1. The van der Waals surface area contributed by atoms with Crippen LogP contribution in [0.3, 0.4) is 0 Å². The van der Waals surface area contributed by atoms with Crippen molar-refractivity contribution in [1.29, 1.82) is 0 Å². The summed E-state index contributed by atoms with van der Waals surface area (Å²) < 4.78 is 4.87. The molecule has 38 heavy (non-hydrogen) atoms. The third-order valence-electron chi connectivity index (χ3n) is 8.32. The maximum Gasteiger partial charge on any atom is 0.295 e. The van der Waals surface area contributed by atoms with E-state index in [1.165, 1.54) is 72.0 Å². The molecule has 2 heteroatoms. The number of imidazole rings is 1. The second-order valence-corrected chi connectivity index (χ2v) is 11.2. The minimum Gasteiger partial charge on any atom is -0.232 e. The molecule has 190 valence electrons.